The zero-order valence-corrected chi connectivity index (χ0v) is 15.3. The predicted octanol–water partition coefficient (Wildman–Crippen LogP) is 6.23. The van der Waals surface area contributed by atoms with Crippen LogP contribution in [-0.2, 0) is 6.18 Å². The molecule has 1 heterocycles. The summed E-state index contributed by atoms with van der Waals surface area (Å²) in [6, 6.07) is 7.31. The molecule has 0 saturated heterocycles. The van der Waals surface area contributed by atoms with Crippen LogP contribution >= 0.6 is 0 Å². The number of alkyl halides is 6. The number of rotatable bonds is 5. The zero-order chi connectivity index (χ0) is 21.1. The molecule has 3 rings (SSSR count). The van der Waals surface area contributed by atoms with Crippen LogP contribution in [0, 0.1) is 0 Å². The summed E-state index contributed by atoms with van der Waals surface area (Å²) in [5.41, 5.74) is 0.212. The molecule has 10 heteroatoms. The number of hydrogen-bond acceptors (Lipinski definition) is 4. The van der Waals surface area contributed by atoms with Gasteiger partial charge in [-0.3, -0.25) is 0 Å². The lowest BCUT2D eigenvalue weighted by molar-refractivity contribution is -0.159. The van der Waals surface area contributed by atoms with Crippen molar-refractivity contribution < 1.29 is 31.1 Å². The van der Waals surface area contributed by atoms with Gasteiger partial charge in [-0.1, -0.05) is 31.4 Å². The van der Waals surface area contributed by atoms with Crippen molar-refractivity contribution >= 4 is 11.6 Å². The molecule has 1 aliphatic carbocycles. The highest BCUT2D eigenvalue weighted by Crippen LogP contribution is 2.36. The third kappa shape index (κ3) is 5.98. The first-order chi connectivity index (χ1) is 13.6. The SMILES string of the molecule is FC(F)(F)COc1nc(Nc2ccc(C3CCCCC3)cc2)ncc1C(F)(F)F. The molecule has 0 unspecified atom stereocenters. The van der Waals surface area contributed by atoms with Crippen LogP contribution in [0.3, 0.4) is 0 Å². The maximum Gasteiger partial charge on any atom is 0.423 e. The van der Waals surface area contributed by atoms with E-state index in [1.807, 2.05) is 12.1 Å². The average Bonchev–Trinajstić information content (AvgIpc) is 2.66. The smallest absolute Gasteiger partial charge is 0.423 e. The van der Waals surface area contributed by atoms with Crippen molar-refractivity contribution in [2.24, 2.45) is 0 Å². The number of benzene rings is 1. The fraction of sp³-hybridized carbons (Fsp3) is 0.474. The summed E-state index contributed by atoms with van der Waals surface area (Å²) < 4.78 is 80.3. The van der Waals surface area contributed by atoms with Gasteiger partial charge >= 0.3 is 12.4 Å². The van der Waals surface area contributed by atoms with Crippen LogP contribution in [0.25, 0.3) is 0 Å². The summed E-state index contributed by atoms with van der Waals surface area (Å²) in [6.07, 6.45) is -3.49. The number of nitrogens with one attached hydrogen (secondary N) is 1. The molecule has 1 aromatic heterocycles. The lowest BCUT2D eigenvalue weighted by atomic mass is 9.84. The molecule has 1 saturated carbocycles. The van der Waals surface area contributed by atoms with Crippen LogP contribution in [0.5, 0.6) is 5.88 Å². The van der Waals surface area contributed by atoms with Crippen LogP contribution < -0.4 is 10.1 Å². The minimum Gasteiger partial charge on any atom is -0.467 e. The zero-order valence-electron chi connectivity index (χ0n) is 15.3. The van der Waals surface area contributed by atoms with Gasteiger partial charge in [-0.15, -0.1) is 0 Å². The number of ether oxygens (including phenoxy) is 1. The standard InChI is InChI=1S/C19H19F6N3O/c20-18(21,22)11-29-16-15(19(23,24)25)10-26-17(28-16)27-14-8-6-13(7-9-14)12-4-2-1-3-5-12/h6-10,12H,1-5,11H2,(H,26,27,28). The highest BCUT2D eigenvalue weighted by molar-refractivity contribution is 5.54. The Morgan fingerprint density at radius 1 is 0.966 bits per heavy atom. The van der Waals surface area contributed by atoms with Crippen LogP contribution in [0.1, 0.15) is 49.1 Å². The van der Waals surface area contributed by atoms with Gasteiger partial charge in [0.2, 0.25) is 11.8 Å². The minimum atomic E-state index is -4.94. The number of nitrogens with zero attached hydrogens (tertiary/aromatic N) is 2. The Morgan fingerprint density at radius 2 is 1.62 bits per heavy atom. The quantitative estimate of drug-likeness (QED) is 0.584. The summed E-state index contributed by atoms with van der Waals surface area (Å²) in [7, 11) is 0. The molecule has 0 spiro atoms. The number of anilines is 2. The summed E-state index contributed by atoms with van der Waals surface area (Å²) in [6.45, 7) is -1.89. The molecule has 158 valence electrons. The first kappa shape index (κ1) is 21.2. The van der Waals surface area contributed by atoms with Gasteiger partial charge in [0, 0.05) is 11.9 Å². The topological polar surface area (TPSA) is 47.0 Å². The lowest BCUT2D eigenvalue weighted by Crippen LogP contribution is -2.22. The Bertz CT molecular complexity index is 814. The molecule has 1 aliphatic rings. The van der Waals surface area contributed by atoms with Gasteiger partial charge < -0.3 is 10.1 Å². The van der Waals surface area contributed by atoms with Gasteiger partial charge in [0.25, 0.3) is 0 Å². The molecule has 4 nitrogen and oxygen atoms in total. The normalized spacial score (nSPS) is 15.9. The molecular formula is C19H19F6N3O. The van der Waals surface area contributed by atoms with E-state index >= 15 is 0 Å². The summed E-state index contributed by atoms with van der Waals surface area (Å²) >= 11 is 0. The first-order valence-electron chi connectivity index (χ1n) is 9.12. The summed E-state index contributed by atoms with van der Waals surface area (Å²) in [4.78, 5) is 7.04. The average molecular weight is 419 g/mol. The summed E-state index contributed by atoms with van der Waals surface area (Å²) in [5.74, 6) is -0.978. The third-order valence-electron chi connectivity index (χ3n) is 4.68. The molecule has 1 aromatic carbocycles. The number of aromatic nitrogens is 2. The Morgan fingerprint density at radius 3 is 2.21 bits per heavy atom. The second kappa shape index (κ2) is 8.46. The van der Waals surface area contributed by atoms with Crippen molar-refractivity contribution in [1.82, 2.24) is 9.97 Å². The fourth-order valence-corrected chi connectivity index (χ4v) is 3.28. The van der Waals surface area contributed by atoms with E-state index in [-0.39, 0.29) is 5.95 Å². The second-order valence-corrected chi connectivity index (χ2v) is 6.90. The summed E-state index contributed by atoms with van der Waals surface area (Å²) in [5, 5.41) is 2.70. The maximum absolute atomic E-state index is 13.0. The van der Waals surface area contributed by atoms with Gasteiger partial charge in [-0.05, 0) is 36.5 Å². The highest BCUT2D eigenvalue weighted by atomic mass is 19.4. The van der Waals surface area contributed by atoms with Crippen molar-refractivity contribution in [1.29, 1.82) is 0 Å². The largest absolute Gasteiger partial charge is 0.467 e. The minimum absolute atomic E-state index is 0.291. The molecule has 0 amide bonds. The van der Waals surface area contributed by atoms with Crippen LogP contribution in [0.2, 0.25) is 0 Å². The van der Waals surface area contributed by atoms with Gasteiger partial charge in [0.1, 0.15) is 5.56 Å². The van der Waals surface area contributed by atoms with E-state index in [0.717, 1.165) is 12.8 Å². The van der Waals surface area contributed by atoms with Gasteiger partial charge in [-0.25, -0.2) is 4.98 Å². The van der Waals surface area contributed by atoms with Gasteiger partial charge in [0.05, 0.1) is 0 Å². The maximum atomic E-state index is 13.0. The van der Waals surface area contributed by atoms with Crippen molar-refractivity contribution in [3.8, 4) is 5.88 Å². The van der Waals surface area contributed by atoms with E-state index in [2.05, 4.69) is 20.0 Å². The third-order valence-corrected chi connectivity index (χ3v) is 4.68. The van der Waals surface area contributed by atoms with E-state index < -0.39 is 30.4 Å². The molecule has 0 bridgehead atoms. The number of hydrogen-bond donors (Lipinski definition) is 1. The molecule has 0 radical (unpaired) electrons. The van der Waals surface area contributed by atoms with Crippen LogP contribution in [-0.4, -0.2) is 22.8 Å². The lowest BCUT2D eigenvalue weighted by Gasteiger charge is -2.22. The highest BCUT2D eigenvalue weighted by Gasteiger charge is 2.38. The van der Waals surface area contributed by atoms with E-state index in [4.69, 9.17) is 0 Å². The van der Waals surface area contributed by atoms with Crippen LogP contribution in [0.4, 0.5) is 38.0 Å². The van der Waals surface area contributed by atoms with Crippen molar-refractivity contribution in [2.45, 2.75) is 50.4 Å². The molecule has 0 aliphatic heterocycles. The Balaban J connectivity index is 1.76. The Labute approximate surface area is 163 Å². The molecule has 1 fully saturated rings. The second-order valence-electron chi connectivity index (χ2n) is 6.90. The van der Waals surface area contributed by atoms with E-state index in [0.29, 0.717) is 17.8 Å². The van der Waals surface area contributed by atoms with Gasteiger partial charge in [-0.2, -0.15) is 31.3 Å². The Hall–Kier alpha value is -2.52. The molecule has 0 atom stereocenters. The monoisotopic (exact) mass is 419 g/mol. The van der Waals surface area contributed by atoms with E-state index in [9.17, 15) is 26.3 Å². The molecular weight excluding hydrogens is 400 g/mol. The van der Waals surface area contributed by atoms with Crippen molar-refractivity contribution in [3.05, 3.63) is 41.6 Å². The fourth-order valence-electron chi connectivity index (χ4n) is 3.28. The molecule has 29 heavy (non-hydrogen) atoms. The molecule has 1 N–H and O–H groups in total. The van der Waals surface area contributed by atoms with E-state index in [1.165, 1.54) is 24.8 Å². The van der Waals surface area contributed by atoms with Crippen molar-refractivity contribution in [3.63, 3.8) is 0 Å². The Kier molecular flexibility index (Phi) is 6.18. The van der Waals surface area contributed by atoms with E-state index in [1.54, 1.807) is 12.1 Å². The van der Waals surface area contributed by atoms with Crippen molar-refractivity contribution in [2.75, 3.05) is 11.9 Å². The number of halogens is 6. The predicted molar refractivity (Wildman–Crippen MR) is 94.1 cm³/mol. The molecule has 2 aromatic rings. The first-order valence-corrected chi connectivity index (χ1v) is 9.12. The van der Waals surface area contributed by atoms with Crippen LogP contribution in [0.15, 0.2) is 30.5 Å². The van der Waals surface area contributed by atoms with Gasteiger partial charge in [0.15, 0.2) is 6.61 Å².